The average molecular weight is 339 g/mol. The van der Waals surface area contributed by atoms with Gasteiger partial charge in [-0.15, -0.1) is 0 Å². The van der Waals surface area contributed by atoms with Crippen LogP contribution in [0.2, 0.25) is 0 Å². The number of hydrogen-bond donors (Lipinski definition) is 1. The van der Waals surface area contributed by atoms with E-state index in [0.29, 0.717) is 12.1 Å². The predicted octanol–water partition coefficient (Wildman–Crippen LogP) is 4.89. The summed E-state index contributed by atoms with van der Waals surface area (Å²) in [5, 5.41) is 3.47. The van der Waals surface area contributed by atoms with Crippen LogP contribution in [0.1, 0.15) is 57.6 Å². The highest BCUT2D eigenvalue weighted by molar-refractivity contribution is 9.10. The molecule has 1 saturated carbocycles. The molecule has 0 aromatic heterocycles. The Bertz CT molecular complexity index is 427. The molecule has 1 fully saturated rings. The third-order valence-electron chi connectivity index (χ3n) is 4.48. The molecule has 0 saturated heterocycles. The SMILES string of the molecule is CCNC(C)c1ccc(N(C)C2CCCCC2)c(Br)c1. The molecule has 1 aliphatic carbocycles. The van der Waals surface area contributed by atoms with Crippen molar-refractivity contribution in [2.24, 2.45) is 0 Å². The summed E-state index contributed by atoms with van der Waals surface area (Å²) in [5.41, 5.74) is 2.67. The zero-order valence-electron chi connectivity index (χ0n) is 13.0. The Morgan fingerprint density at radius 3 is 2.60 bits per heavy atom. The maximum Gasteiger partial charge on any atom is 0.0510 e. The minimum atomic E-state index is 0.408. The first kappa shape index (κ1) is 15.8. The van der Waals surface area contributed by atoms with E-state index in [0.717, 1.165) is 6.54 Å². The molecule has 0 heterocycles. The molecule has 0 spiro atoms. The van der Waals surface area contributed by atoms with Gasteiger partial charge in [0.15, 0.2) is 0 Å². The van der Waals surface area contributed by atoms with Crippen LogP contribution < -0.4 is 10.2 Å². The van der Waals surface area contributed by atoms with Gasteiger partial charge >= 0.3 is 0 Å². The minimum Gasteiger partial charge on any atom is -0.371 e. The lowest BCUT2D eigenvalue weighted by Gasteiger charge is -2.33. The third-order valence-corrected chi connectivity index (χ3v) is 5.12. The van der Waals surface area contributed by atoms with Gasteiger partial charge in [0, 0.05) is 23.6 Å². The normalized spacial score (nSPS) is 18.0. The minimum absolute atomic E-state index is 0.408. The van der Waals surface area contributed by atoms with Gasteiger partial charge in [-0.2, -0.15) is 0 Å². The van der Waals surface area contributed by atoms with Crippen LogP contribution in [0.15, 0.2) is 22.7 Å². The van der Waals surface area contributed by atoms with Crippen molar-refractivity contribution in [3.05, 3.63) is 28.2 Å². The molecule has 2 nitrogen and oxygen atoms in total. The molecule has 0 bridgehead atoms. The van der Waals surface area contributed by atoms with Gasteiger partial charge in [-0.25, -0.2) is 0 Å². The van der Waals surface area contributed by atoms with Gasteiger partial charge in [-0.05, 0) is 59.9 Å². The molecule has 1 aromatic rings. The van der Waals surface area contributed by atoms with E-state index in [-0.39, 0.29) is 0 Å². The molecule has 1 atom stereocenters. The van der Waals surface area contributed by atoms with Crippen LogP contribution in [0.4, 0.5) is 5.69 Å². The van der Waals surface area contributed by atoms with E-state index in [1.54, 1.807) is 0 Å². The van der Waals surface area contributed by atoms with Crippen molar-refractivity contribution in [2.45, 2.75) is 58.0 Å². The number of nitrogens with one attached hydrogen (secondary N) is 1. The van der Waals surface area contributed by atoms with Crippen molar-refractivity contribution in [1.29, 1.82) is 0 Å². The van der Waals surface area contributed by atoms with Crippen molar-refractivity contribution in [2.75, 3.05) is 18.5 Å². The fourth-order valence-electron chi connectivity index (χ4n) is 3.17. The number of benzene rings is 1. The molecule has 112 valence electrons. The molecular formula is C17H27BrN2. The average Bonchev–Trinajstić information content (AvgIpc) is 2.47. The van der Waals surface area contributed by atoms with Gasteiger partial charge in [-0.3, -0.25) is 0 Å². The number of anilines is 1. The molecule has 0 radical (unpaired) electrons. The van der Waals surface area contributed by atoms with Gasteiger partial charge in [0.2, 0.25) is 0 Å². The van der Waals surface area contributed by atoms with E-state index < -0.39 is 0 Å². The molecule has 2 rings (SSSR count). The Morgan fingerprint density at radius 2 is 2.00 bits per heavy atom. The quantitative estimate of drug-likeness (QED) is 0.822. The summed E-state index contributed by atoms with van der Waals surface area (Å²) >= 11 is 3.76. The molecular weight excluding hydrogens is 312 g/mol. The fraction of sp³-hybridized carbons (Fsp3) is 0.647. The summed E-state index contributed by atoms with van der Waals surface area (Å²) in [6.07, 6.45) is 6.83. The van der Waals surface area contributed by atoms with Crippen molar-refractivity contribution in [3.63, 3.8) is 0 Å². The van der Waals surface area contributed by atoms with Crippen molar-refractivity contribution >= 4 is 21.6 Å². The molecule has 1 unspecified atom stereocenters. The molecule has 1 aromatic carbocycles. The highest BCUT2D eigenvalue weighted by Gasteiger charge is 2.20. The molecule has 1 N–H and O–H groups in total. The van der Waals surface area contributed by atoms with Gasteiger partial charge in [0.25, 0.3) is 0 Å². The summed E-state index contributed by atoms with van der Waals surface area (Å²) in [6.45, 7) is 5.37. The van der Waals surface area contributed by atoms with Crippen LogP contribution in [0, 0.1) is 0 Å². The van der Waals surface area contributed by atoms with E-state index in [2.05, 4.69) is 65.2 Å². The Hall–Kier alpha value is -0.540. The van der Waals surface area contributed by atoms with E-state index >= 15 is 0 Å². The lowest BCUT2D eigenvalue weighted by Crippen LogP contribution is -2.33. The zero-order valence-corrected chi connectivity index (χ0v) is 14.5. The van der Waals surface area contributed by atoms with E-state index in [1.165, 1.54) is 47.8 Å². The standard InChI is InChI=1S/C17H27BrN2/c1-4-19-13(2)14-10-11-17(16(18)12-14)20(3)15-8-6-5-7-9-15/h10-13,15,19H,4-9H2,1-3H3. The van der Waals surface area contributed by atoms with Crippen LogP contribution in [0.5, 0.6) is 0 Å². The Morgan fingerprint density at radius 1 is 1.30 bits per heavy atom. The molecule has 3 heteroatoms. The van der Waals surface area contributed by atoms with E-state index in [1.807, 2.05) is 0 Å². The van der Waals surface area contributed by atoms with Gasteiger partial charge < -0.3 is 10.2 Å². The second kappa shape index (κ2) is 7.46. The summed E-state index contributed by atoms with van der Waals surface area (Å²) in [6, 6.07) is 7.90. The maximum atomic E-state index is 3.76. The first-order chi connectivity index (χ1) is 9.63. The van der Waals surface area contributed by atoms with E-state index in [4.69, 9.17) is 0 Å². The lowest BCUT2D eigenvalue weighted by atomic mass is 9.94. The van der Waals surface area contributed by atoms with Gasteiger partial charge in [-0.1, -0.05) is 32.3 Å². The fourth-order valence-corrected chi connectivity index (χ4v) is 3.84. The van der Waals surface area contributed by atoms with Crippen LogP contribution in [0.25, 0.3) is 0 Å². The maximum absolute atomic E-state index is 3.76. The molecule has 20 heavy (non-hydrogen) atoms. The Kier molecular flexibility index (Phi) is 5.91. The monoisotopic (exact) mass is 338 g/mol. The smallest absolute Gasteiger partial charge is 0.0510 e. The van der Waals surface area contributed by atoms with Crippen LogP contribution in [-0.2, 0) is 0 Å². The lowest BCUT2D eigenvalue weighted by molar-refractivity contribution is 0.427. The Labute approximate surface area is 132 Å². The number of hydrogen-bond acceptors (Lipinski definition) is 2. The largest absolute Gasteiger partial charge is 0.371 e. The van der Waals surface area contributed by atoms with Crippen molar-refractivity contribution < 1.29 is 0 Å². The van der Waals surface area contributed by atoms with Crippen LogP contribution in [-0.4, -0.2) is 19.6 Å². The van der Waals surface area contributed by atoms with Crippen LogP contribution >= 0.6 is 15.9 Å². The molecule has 0 aliphatic heterocycles. The van der Waals surface area contributed by atoms with Gasteiger partial charge in [0.1, 0.15) is 0 Å². The summed E-state index contributed by atoms with van der Waals surface area (Å²) in [5.74, 6) is 0. The van der Waals surface area contributed by atoms with Crippen molar-refractivity contribution in [1.82, 2.24) is 5.32 Å². The summed E-state index contributed by atoms with van der Waals surface area (Å²) < 4.78 is 1.22. The van der Waals surface area contributed by atoms with E-state index in [9.17, 15) is 0 Å². The first-order valence-electron chi connectivity index (χ1n) is 7.89. The topological polar surface area (TPSA) is 15.3 Å². The molecule has 1 aliphatic rings. The van der Waals surface area contributed by atoms with Gasteiger partial charge in [0.05, 0.1) is 5.69 Å². The molecule has 0 amide bonds. The Balaban J connectivity index is 2.12. The summed E-state index contributed by atoms with van der Waals surface area (Å²) in [7, 11) is 2.24. The van der Waals surface area contributed by atoms with Crippen molar-refractivity contribution in [3.8, 4) is 0 Å². The predicted molar refractivity (Wildman–Crippen MR) is 91.5 cm³/mol. The highest BCUT2D eigenvalue weighted by Crippen LogP contribution is 2.33. The zero-order chi connectivity index (χ0) is 14.5. The van der Waals surface area contributed by atoms with Crippen LogP contribution in [0.3, 0.4) is 0 Å². The highest BCUT2D eigenvalue weighted by atomic mass is 79.9. The first-order valence-corrected chi connectivity index (χ1v) is 8.68. The number of rotatable bonds is 5. The number of nitrogens with zero attached hydrogens (tertiary/aromatic N) is 1. The number of halogens is 1. The summed E-state index contributed by atoms with van der Waals surface area (Å²) in [4.78, 5) is 2.46. The second-order valence-electron chi connectivity index (χ2n) is 5.89. The second-order valence-corrected chi connectivity index (χ2v) is 6.75. The third kappa shape index (κ3) is 3.76.